The van der Waals surface area contributed by atoms with Crippen LogP contribution in [0.2, 0.25) is 5.02 Å². The normalized spacial score (nSPS) is 24.4. The fraction of sp³-hybridized carbons (Fsp3) is 0.647. The van der Waals surface area contributed by atoms with Crippen molar-refractivity contribution in [3.63, 3.8) is 0 Å². The van der Waals surface area contributed by atoms with Crippen molar-refractivity contribution in [2.75, 3.05) is 0 Å². The lowest BCUT2D eigenvalue weighted by Crippen LogP contribution is -2.30. The van der Waals surface area contributed by atoms with Gasteiger partial charge in [0, 0.05) is 16.6 Å². The second kappa shape index (κ2) is 7.33. The Morgan fingerprint density at radius 1 is 1.35 bits per heavy atom. The monoisotopic (exact) mass is 295 g/mol. The molecule has 2 rings (SSSR count). The molecule has 0 heterocycles. The number of hydrogen-bond donors (Lipinski definition) is 1. The molecule has 3 unspecified atom stereocenters. The summed E-state index contributed by atoms with van der Waals surface area (Å²) in [6.07, 6.45) is 7.32. The largest absolute Gasteiger partial charge is 0.490 e. The Bertz CT molecular complexity index is 433. The molecule has 1 aliphatic carbocycles. The fourth-order valence-electron chi connectivity index (χ4n) is 3.13. The molecule has 0 amide bonds. The van der Waals surface area contributed by atoms with Crippen LogP contribution in [0.1, 0.15) is 51.5 Å². The average molecular weight is 296 g/mol. The van der Waals surface area contributed by atoms with Gasteiger partial charge in [0.2, 0.25) is 0 Å². The third-order valence-corrected chi connectivity index (χ3v) is 4.60. The highest BCUT2D eigenvalue weighted by atomic mass is 35.5. The van der Waals surface area contributed by atoms with Crippen molar-refractivity contribution in [2.45, 2.75) is 64.5 Å². The summed E-state index contributed by atoms with van der Waals surface area (Å²) in [5.41, 5.74) is 6.99. The predicted octanol–water partition coefficient (Wildman–Crippen LogP) is 4.58. The van der Waals surface area contributed by atoms with Crippen LogP contribution in [-0.4, -0.2) is 12.1 Å². The molecule has 1 aromatic carbocycles. The Morgan fingerprint density at radius 3 is 2.80 bits per heavy atom. The van der Waals surface area contributed by atoms with Gasteiger partial charge < -0.3 is 10.5 Å². The summed E-state index contributed by atoms with van der Waals surface area (Å²) in [6, 6.07) is 6.01. The van der Waals surface area contributed by atoms with Crippen molar-refractivity contribution in [1.29, 1.82) is 0 Å². The van der Waals surface area contributed by atoms with Crippen molar-refractivity contribution in [3.8, 4) is 5.75 Å². The van der Waals surface area contributed by atoms with E-state index in [2.05, 4.69) is 6.92 Å². The quantitative estimate of drug-likeness (QED) is 0.863. The Kier molecular flexibility index (Phi) is 5.74. The van der Waals surface area contributed by atoms with E-state index in [0.29, 0.717) is 12.0 Å². The maximum atomic E-state index is 6.33. The maximum absolute atomic E-state index is 6.33. The second-order valence-corrected chi connectivity index (χ2v) is 6.41. The van der Waals surface area contributed by atoms with E-state index in [0.717, 1.165) is 29.2 Å². The summed E-state index contributed by atoms with van der Waals surface area (Å²) >= 11 is 6.33. The van der Waals surface area contributed by atoms with Crippen molar-refractivity contribution in [2.24, 2.45) is 11.7 Å². The summed E-state index contributed by atoms with van der Waals surface area (Å²) < 4.78 is 6.33. The molecule has 1 aliphatic rings. The fourth-order valence-corrected chi connectivity index (χ4v) is 3.37. The molecule has 0 aromatic heterocycles. The third-order valence-electron chi connectivity index (χ3n) is 4.24. The van der Waals surface area contributed by atoms with Crippen LogP contribution in [0.15, 0.2) is 18.2 Å². The summed E-state index contributed by atoms with van der Waals surface area (Å²) in [6.45, 7) is 4.26. The molecule has 1 aromatic rings. The van der Waals surface area contributed by atoms with Crippen molar-refractivity contribution < 1.29 is 4.74 Å². The summed E-state index contributed by atoms with van der Waals surface area (Å²) in [7, 11) is 0. The Balaban J connectivity index is 2.17. The average Bonchev–Trinajstić information content (AvgIpc) is 2.43. The molecule has 1 saturated carbocycles. The number of rotatable bonds is 5. The maximum Gasteiger partial charge on any atom is 0.124 e. The van der Waals surface area contributed by atoms with Crippen LogP contribution in [0, 0.1) is 5.92 Å². The van der Waals surface area contributed by atoms with Gasteiger partial charge in [-0.1, -0.05) is 31.0 Å². The van der Waals surface area contributed by atoms with Gasteiger partial charge in [-0.3, -0.25) is 0 Å². The van der Waals surface area contributed by atoms with E-state index in [9.17, 15) is 0 Å². The van der Waals surface area contributed by atoms with Gasteiger partial charge in [-0.25, -0.2) is 0 Å². The molecular formula is C17H26ClNO. The molecule has 0 aliphatic heterocycles. The number of halogens is 1. The zero-order chi connectivity index (χ0) is 14.5. The molecule has 0 radical (unpaired) electrons. The van der Waals surface area contributed by atoms with Crippen molar-refractivity contribution in [3.05, 3.63) is 28.8 Å². The number of ether oxygens (including phenoxy) is 1. The van der Waals surface area contributed by atoms with Gasteiger partial charge in [0.05, 0.1) is 0 Å². The molecule has 20 heavy (non-hydrogen) atoms. The van der Waals surface area contributed by atoms with E-state index in [1.807, 2.05) is 25.1 Å². The number of hydrogen-bond acceptors (Lipinski definition) is 2. The van der Waals surface area contributed by atoms with Gasteiger partial charge in [0.25, 0.3) is 0 Å². The minimum atomic E-state index is 0.0885. The van der Waals surface area contributed by atoms with E-state index in [4.69, 9.17) is 22.1 Å². The Morgan fingerprint density at radius 2 is 2.10 bits per heavy atom. The molecule has 2 N–H and O–H groups in total. The first-order chi connectivity index (χ1) is 9.61. The minimum absolute atomic E-state index is 0.0885. The molecule has 112 valence electrons. The lowest BCUT2D eigenvalue weighted by Gasteiger charge is -2.32. The molecule has 3 atom stereocenters. The predicted molar refractivity (Wildman–Crippen MR) is 85.5 cm³/mol. The molecular weight excluding hydrogens is 270 g/mol. The highest BCUT2D eigenvalue weighted by molar-refractivity contribution is 6.31. The molecule has 3 heteroatoms. The SMILES string of the molecule is CCC1CCCCC1Oc1cccc(Cl)c1CC(C)N. The Labute approximate surface area is 127 Å². The van der Waals surface area contributed by atoms with E-state index >= 15 is 0 Å². The first-order valence-corrected chi connectivity index (χ1v) is 8.19. The molecule has 0 spiro atoms. The van der Waals surface area contributed by atoms with Gasteiger partial charge in [0.1, 0.15) is 11.9 Å². The summed E-state index contributed by atoms with van der Waals surface area (Å²) in [5.74, 6) is 1.60. The molecule has 0 saturated heterocycles. The summed E-state index contributed by atoms with van der Waals surface area (Å²) in [5, 5.41) is 0.767. The second-order valence-electron chi connectivity index (χ2n) is 6.01. The smallest absolute Gasteiger partial charge is 0.124 e. The number of benzene rings is 1. The van der Waals surface area contributed by atoms with Crippen LogP contribution in [-0.2, 0) is 6.42 Å². The van der Waals surface area contributed by atoms with Crippen LogP contribution in [0.25, 0.3) is 0 Å². The lowest BCUT2D eigenvalue weighted by atomic mass is 9.84. The zero-order valence-electron chi connectivity index (χ0n) is 12.6. The van der Waals surface area contributed by atoms with Crippen LogP contribution < -0.4 is 10.5 Å². The summed E-state index contributed by atoms with van der Waals surface area (Å²) in [4.78, 5) is 0. The topological polar surface area (TPSA) is 35.2 Å². The third kappa shape index (κ3) is 3.89. The van der Waals surface area contributed by atoms with E-state index in [1.165, 1.54) is 25.7 Å². The first-order valence-electron chi connectivity index (χ1n) is 7.81. The van der Waals surface area contributed by atoms with Crippen LogP contribution in [0.3, 0.4) is 0 Å². The number of nitrogens with two attached hydrogens (primary N) is 1. The van der Waals surface area contributed by atoms with Gasteiger partial charge in [-0.2, -0.15) is 0 Å². The van der Waals surface area contributed by atoms with Crippen LogP contribution >= 0.6 is 11.6 Å². The minimum Gasteiger partial charge on any atom is -0.490 e. The van der Waals surface area contributed by atoms with E-state index in [-0.39, 0.29) is 6.04 Å². The van der Waals surface area contributed by atoms with Gasteiger partial charge in [-0.15, -0.1) is 0 Å². The molecule has 1 fully saturated rings. The van der Waals surface area contributed by atoms with E-state index in [1.54, 1.807) is 0 Å². The lowest BCUT2D eigenvalue weighted by molar-refractivity contribution is 0.0893. The standard InChI is InChI=1S/C17H26ClNO/c1-3-13-7-4-5-9-16(13)20-17-10-6-8-15(18)14(17)11-12(2)19/h6,8,10,12-13,16H,3-5,7,9,11,19H2,1-2H3. The van der Waals surface area contributed by atoms with Crippen LogP contribution in [0.4, 0.5) is 0 Å². The Hall–Kier alpha value is -0.730. The zero-order valence-corrected chi connectivity index (χ0v) is 13.3. The molecule has 0 bridgehead atoms. The highest BCUT2D eigenvalue weighted by Gasteiger charge is 2.26. The van der Waals surface area contributed by atoms with Crippen LogP contribution in [0.5, 0.6) is 5.75 Å². The highest BCUT2D eigenvalue weighted by Crippen LogP contribution is 2.34. The van der Waals surface area contributed by atoms with Gasteiger partial charge in [0.15, 0.2) is 0 Å². The van der Waals surface area contributed by atoms with Crippen molar-refractivity contribution >= 4 is 11.6 Å². The van der Waals surface area contributed by atoms with Gasteiger partial charge in [-0.05, 0) is 57.1 Å². The van der Waals surface area contributed by atoms with Crippen molar-refractivity contribution in [1.82, 2.24) is 0 Å². The van der Waals surface area contributed by atoms with Gasteiger partial charge >= 0.3 is 0 Å². The van der Waals surface area contributed by atoms with E-state index < -0.39 is 0 Å². The molecule has 2 nitrogen and oxygen atoms in total. The first kappa shape index (κ1) is 15.7.